The van der Waals surface area contributed by atoms with E-state index in [4.69, 9.17) is 9.84 Å². The van der Waals surface area contributed by atoms with Crippen LogP contribution in [0.5, 0.6) is 5.75 Å². The van der Waals surface area contributed by atoms with Gasteiger partial charge in [-0.1, -0.05) is 41.7 Å². The number of hydrogen-bond donors (Lipinski definition) is 1. The van der Waals surface area contributed by atoms with E-state index >= 15 is 0 Å². The molecule has 0 aliphatic rings. The summed E-state index contributed by atoms with van der Waals surface area (Å²) in [5.74, 6) is 1.51. The summed E-state index contributed by atoms with van der Waals surface area (Å²) in [5.41, 5.74) is 2.96. The fourth-order valence-corrected chi connectivity index (χ4v) is 3.69. The summed E-state index contributed by atoms with van der Waals surface area (Å²) in [4.78, 5) is 4.13. The van der Waals surface area contributed by atoms with Gasteiger partial charge in [-0.25, -0.2) is 0 Å². The molecule has 3 heterocycles. The van der Waals surface area contributed by atoms with Crippen LogP contribution in [-0.4, -0.2) is 31.9 Å². The largest absolute Gasteiger partial charge is 0.497 e. The van der Waals surface area contributed by atoms with Crippen molar-refractivity contribution in [3.05, 3.63) is 54.6 Å². The van der Waals surface area contributed by atoms with E-state index in [-0.39, 0.29) is 0 Å². The molecule has 0 saturated heterocycles. The van der Waals surface area contributed by atoms with E-state index in [1.54, 1.807) is 11.6 Å². The van der Waals surface area contributed by atoms with Crippen molar-refractivity contribution in [2.75, 3.05) is 7.11 Å². The molecular formula is C18H13N5OS. The maximum Gasteiger partial charge on any atom is 0.235 e. The topological polar surface area (TPSA) is 68.1 Å². The van der Waals surface area contributed by atoms with Crippen LogP contribution in [0.2, 0.25) is 0 Å². The SMILES string of the molecule is COc1cccc(-c2nn3c(-c4cc5ccccc5[nH]4)nnc3s2)c1. The number of fused-ring (bicyclic) bond motifs is 2. The highest BCUT2D eigenvalue weighted by atomic mass is 32.1. The molecule has 0 unspecified atom stereocenters. The molecule has 0 saturated carbocycles. The molecule has 2 aromatic carbocycles. The summed E-state index contributed by atoms with van der Waals surface area (Å²) in [6.07, 6.45) is 0. The lowest BCUT2D eigenvalue weighted by Gasteiger charge is -2.00. The Morgan fingerprint density at radius 1 is 1.04 bits per heavy atom. The fraction of sp³-hybridized carbons (Fsp3) is 0.0556. The van der Waals surface area contributed by atoms with E-state index in [2.05, 4.69) is 27.3 Å². The molecule has 3 aromatic heterocycles. The second kappa shape index (κ2) is 5.42. The van der Waals surface area contributed by atoms with Crippen LogP contribution in [0.25, 0.3) is 38.0 Å². The summed E-state index contributed by atoms with van der Waals surface area (Å²) < 4.78 is 7.08. The Balaban J connectivity index is 1.64. The predicted octanol–water partition coefficient (Wildman–Crippen LogP) is 4.01. The minimum Gasteiger partial charge on any atom is -0.497 e. The number of aromatic amines is 1. The van der Waals surface area contributed by atoms with Gasteiger partial charge in [0.25, 0.3) is 0 Å². The van der Waals surface area contributed by atoms with Gasteiger partial charge in [-0.05, 0) is 24.3 Å². The van der Waals surface area contributed by atoms with Crippen molar-refractivity contribution in [3.63, 3.8) is 0 Å². The van der Waals surface area contributed by atoms with E-state index in [1.165, 1.54) is 11.3 Å². The molecular weight excluding hydrogens is 334 g/mol. The van der Waals surface area contributed by atoms with Gasteiger partial charge in [0.1, 0.15) is 10.8 Å². The average molecular weight is 347 g/mol. The molecule has 0 aliphatic heterocycles. The Hall–Kier alpha value is -3.19. The minimum absolute atomic E-state index is 0.705. The zero-order valence-corrected chi connectivity index (χ0v) is 14.1. The van der Waals surface area contributed by atoms with Crippen molar-refractivity contribution in [1.82, 2.24) is 24.8 Å². The van der Waals surface area contributed by atoms with Gasteiger partial charge < -0.3 is 9.72 Å². The van der Waals surface area contributed by atoms with E-state index < -0.39 is 0 Å². The molecule has 5 aromatic rings. The highest BCUT2D eigenvalue weighted by Crippen LogP contribution is 2.30. The first-order chi connectivity index (χ1) is 12.3. The number of nitrogens with zero attached hydrogens (tertiary/aromatic N) is 4. The van der Waals surface area contributed by atoms with Crippen LogP contribution >= 0.6 is 11.3 Å². The Bertz CT molecular complexity index is 1170. The van der Waals surface area contributed by atoms with Gasteiger partial charge in [0.05, 0.1) is 12.8 Å². The number of methoxy groups -OCH3 is 1. The molecule has 25 heavy (non-hydrogen) atoms. The molecule has 0 spiro atoms. The molecule has 1 N–H and O–H groups in total. The minimum atomic E-state index is 0.705. The van der Waals surface area contributed by atoms with Gasteiger partial charge in [0, 0.05) is 16.5 Å². The smallest absolute Gasteiger partial charge is 0.235 e. The lowest BCUT2D eigenvalue weighted by atomic mass is 10.2. The second-order valence-electron chi connectivity index (χ2n) is 5.63. The van der Waals surface area contributed by atoms with Crippen LogP contribution in [0.15, 0.2) is 54.6 Å². The summed E-state index contributed by atoms with van der Waals surface area (Å²) in [5, 5.41) is 15.3. The van der Waals surface area contributed by atoms with Gasteiger partial charge in [0.2, 0.25) is 10.8 Å². The third-order valence-corrected chi connectivity index (χ3v) is 5.03. The number of aromatic nitrogens is 5. The summed E-state index contributed by atoms with van der Waals surface area (Å²) >= 11 is 1.50. The first-order valence-electron chi connectivity index (χ1n) is 7.76. The average Bonchev–Trinajstić information content (AvgIpc) is 3.34. The number of ether oxygens (including phenoxy) is 1. The second-order valence-corrected chi connectivity index (χ2v) is 6.58. The summed E-state index contributed by atoms with van der Waals surface area (Å²) in [6, 6.07) is 18.0. The normalized spacial score (nSPS) is 11.4. The third-order valence-electron chi connectivity index (χ3n) is 4.08. The van der Waals surface area contributed by atoms with Crippen LogP contribution in [0.1, 0.15) is 0 Å². The van der Waals surface area contributed by atoms with Crippen molar-refractivity contribution >= 4 is 27.2 Å². The molecule has 122 valence electrons. The Morgan fingerprint density at radius 2 is 1.96 bits per heavy atom. The molecule has 0 bridgehead atoms. The number of nitrogens with one attached hydrogen (secondary N) is 1. The molecule has 7 heteroatoms. The maximum atomic E-state index is 5.30. The number of para-hydroxylation sites is 1. The van der Waals surface area contributed by atoms with E-state index in [0.717, 1.165) is 37.9 Å². The van der Waals surface area contributed by atoms with Gasteiger partial charge in [-0.15, -0.1) is 10.2 Å². The highest BCUT2D eigenvalue weighted by molar-refractivity contribution is 7.19. The van der Waals surface area contributed by atoms with Crippen LogP contribution in [0.4, 0.5) is 0 Å². The third kappa shape index (κ3) is 2.28. The van der Waals surface area contributed by atoms with Gasteiger partial charge >= 0.3 is 0 Å². The van der Waals surface area contributed by atoms with Gasteiger partial charge in [0.15, 0.2) is 0 Å². The summed E-state index contributed by atoms with van der Waals surface area (Å²) in [6.45, 7) is 0. The van der Waals surface area contributed by atoms with Crippen LogP contribution < -0.4 is 4.74 Å². The summed E-state index contributed by atoms with van der Waals surface area (Å²) in [7, 11) is 1.66. The van der Waals surface area contributed by atoms with Crippen molar-refractivity contribution in [2.45, 2.75) is 0 Å². The van der Waals surface area contributed by atoms with Crippen molar-refractivity contribution < 1.29 is 4.74 Å². The number of hydrogen-bond acceptors (Lipinski definition) is 5. The lowest BCUT2D eigenvalue weighted by molar-refractivity contribution is 0.415. The van der Waals surface area contributed by atoms with Crippen LogP contribution in [0, 0.1) is 0 Å². The van der Waals surface area contributed by atoms with Crippen LogP contribution in [0.3, 0.4) is 0 Å². The van der Waals surface area contributed by atoms with E-state index in [0.29, 0.717) is 5.82 Å². The Morgan fingerprint density at radius 3 is 2.84 bits per heavy atom. The number of benzene rings is 2. The zero-order valence-electron chi connectivity index (χ0n) is 13.3. The molecule has 0 aliphatic carbocycles. The lowest BCUT2D eigenvalue weighted by Crippen LogP contribution is -1.91. The zero-order chi connectivity index (χ0) is 16.8. The monoisotopic (exact) mass is 347 g/mol. The molecule has 0 fully saturated rings. The van der Waals surface area contributed by atoms with Crippen molar-refractivity contribution in [1.29, 1.82) is 0 Å². The van der Waals surface area contributed by atoms with Gasteiger partial charge in [-0.3, -0.25) is 0 Å². The Kier molecular flexibility index (Phi) is 3.07. The maximum absolute atomic E-state index is 5.30. The van der Waals surface area contributed by atoms with E-state index in [9.17, 15) is 0 Å². The predicted molar refractivity (Wildman–Crippen MR) is 97.9 cm³/mol. The molecule has 6 nitrogen and oxygen atoms in total. The number of H-pyrrole nitrogens is 1. The molecule has 0 radical (unpaired) electrons. The first-order valence-corrected chi connectivity index (χ1v) is 8.58. The first kappa shape index (κ1) is 14.2. The standard InChI is InChI=1S/C18H13N5OS/c1-24-13-7-4-6-12(9-13)17-22-23-16(20-21-18(23)25-17)15-10-11-5-2-3-8-14(11)19-15/h2-10,19H,1H3. The number of rotatable bonds is 3. The Labute approximate surface area is 146 Å². The molecule has 0 amide bonds. The molecule has 5 rings (SSSR count). The van der Waals surface area contributed by atoms with Gasteiger partial charge in [-0.2, -0.15) is 9.61 Å². The van der Waals surface area contributed by atoms with Crippen molar-refractivity contribution in [3.8, 4) is 27.8 Å². The van der Waals surface area contributed by atoms with Crippen molar-refractivity contribution in [2.24, 2.45) is 0 Å². The molecule has 0 atom stereocenters. The van der Waals surface area contributed by atoms with Crippen LogP contribution in [-0.2, 0) is 0 Å². The van der Waals surface area contributed by atoms with E-state index in [1.807, 2.05) is 42.5 Å². The quantitative estimate of drug-likeness (QED) is 0.535. The fourth-order valence-electron chi connectivity index (χ4n) is 2.85. The highest BCUT2D eigenvalue weighted by Gasteiger charge is 2.16.